The summed E-state index contributed by atoms with van der Waals surface area (Å²) in [5.41, 5.74) is 0.135. The van der Waals surface area contributed by atoms with E-state index in [9.17, 15) is 13.6 Å². The molecule has 0 spiro atoms. The van der Waals surface area contributed by atoms with Crippen LogP contribution in [0.4, 0.5) is 8.78 Å². The summed E-state index contributed by atoms with van der Waals surface area (Å²) in [6.45, 7) is 0. The number of carboxylic acid groups (broad SMARTS) is 1. The number of aromatic nitrogens is 3. The van der Waals surface area contributed by atoms with Crippen LogP contribution in [-0.4, -0.2) is 26.0 Å². The zero-order chi connectivity index (χ0) is 12.4. The maximum atomic E-state index is 12.6. The van der Waals surface area contributed by atoms with E-state index in [1.165, 1.54) is 23.0 Å². The first kappa shape index (κ1) is 11.5. The van der Waals surface area contributed by atoms with Crippen molar-refractivity contribution < 1.29 is 18.7 Å². The first-order chi connectivity index (χ1) is 8.09. The second kappa shape index (κ2) is 4.50. The van der Waals surface area contributed by atoms with Crippen molar-refractivity contribution in [2.24, 2.45) is 0 Å². The van der Waals surface area contributed by atoms with Gasteiger partial charge >= 0.3 is 5.97 Å². The van der Waals surface area contributed by atoms with Crippen molar-refractivity contribution in [1.82, 2.24) is 15.0 Å². The number of nitrogens with zero attached hydrogens (tertiary/aromatic N) is 3. The molecule has 17 heavy (non-hydrogen) atoms. The fourth-order valence-corrected chi connectivity index (χ4v) is 1.73. The van der Waals surface area contributed by atoms with E-state index in [1.807, 2.05) is 0 Å². The molecular weight excluding hydrogens is 252 g/mol. The molecule has 8 heteroatoms. The van der Waals surface area contributed by atoms with Crippen molar-refractivity contribution in [1.29, 1.82) is 0 Å². The van der Waals surface area contributed by atoms with Crippen LogP contribution >= 0.6 is 11.3 Å². The average Bonchev–Trinajstić information content (AvgIpc) is 2.81. The monoisotopic (exact) mass is 257 g/mol. The van der Waals surface area contributed by atoms with Gasteiger partial charge in [0.25, 0.3) is 6.43 Å². The van der Waals surface area contributed by atoms with Crippen molar-refractivity contribution >= 4 is 17.3 Å². The van der Waals surface area contributed by atoms with Crippen LogP contribution in [0.2, 0.25) is 0 Å². The molecule has 0 unspecified atom stereocenters. The fourth-order valence-electron chi connectivity index (χ4n) is 1.17. The van der Waals surface area contributed by atoms with E-state index < -0.39 is 23.7 Å². The van der Waals surface area contributed by atoms with Gasteiger partial charge in [0.15, 0.2) is 5.82 Å². The molecule has 0 radical (unpaired) electrons. The number of alkyl halides is 2. The second-order valence-corrected chi connectivity index (χ2v) is 3.85. The van der Waals surface area contributed by atoms with Gasteiger partial charge in [-0.25, -0.2) is 23.5 Å². The largest absolute Gasteiger partial charge is 0.478 e. The van der Waals surface area contributed by atoms with Crippen molar-refractivity contribution in [2.45, 2.75) is 6.43 Å². The third-order valence-corrected chi connectivity index (χ3v) is 2.68. The smallest absolute Gasteiger partial charge is 0.339 e. The molecular formula is C9H5F2N3O2S. The lowest BCUT2D eigenvalue weighted by atomic mass is 10.2. The molecule has 0 fully saturated rings. The van der Waals surface area contributed by atoms with Gasteiger partial charge in [0.2, 0.25) is 0 Å². The topological polar surface area (TPSA) is 76.0 Å². The first-order valence-corrected chi connectivity index (χ1v) is 5.25. The molecule has 0 aliphatic carbocycles. The van der Waals surface area contributed by atoms with Gasteiger partial charge in [0.1, 0.15) is 11.3 Å². The highest BCUT2D eigenvalue weighted by molar-refractivity contribution is 7.13. The molecule has 0 amide bonds. The van der Waals surface area contributed by atoms with E-state index in [0.717, 1.165) is 6.20 Å². The molecule has 0 aliphatic rings. The summed E-state index contributed by atoms with van der Waals surface area (Å²) < 4.78 is 25.3. The minimum absolute atomic E-state index is 0.0489. The number of rotatable bonds is 3. The van der Waals surface area contributed by atoms with Gasteiger partial charge in [0, 0.05) is 12.4 Å². The molecule has 2 rings (SSSR count). The molecule has 0 aliphatic heterocycles. The van der Waals surface area contributed by atoms with Gasteiger partial charge in [-0.2, -0.15) is 0 Å². The number of aromatic carboxylic acids is 1. The number of carboxylic acids is 1. The van der Waals surface area contributed by atoms with Crippen LogP contribution in [0.5, 0.6) is 0 Å². The lowest BCUT2D eigenvalue weighted by Crippen LogP contribution is -2.07. The Bertz CT molecular complexity index is 545. The van der Waals surface area contributed by atoms with Crippen LogP contribution in [-0.2, 0) is 0 Å². The van der Waals surface area contributed by atoms with E-state index >= 15 is 0 Å². The molecule has 0 aromatic carbocycles. The van der Waals surface area contributed by atoms with Crippen LogP contribution in [0.25, 0.3) is 10.7 Å². The number of thiazole rings is 1. The summed E-state index contributed by atoms with van der Waals surface area (Å²) in [5.74, 6) is -1.43. The van der Waals surface area contributed by atoms with E-state index in [-0.39, 0.29) is 5.82 Å². The summed E-state index contributed by atoms with van der Waals surface area (Å²) in [6.07, 6.45) is -0.655. The Hall–Kier alpha value is -1.96. The predicted octanol–water partition coefficient (Wildman–Crippen LogP) is 2.24. The van der Waals surface area contributed by atoms with Gasteiger partial charge in [0.05, 0.1) is 10.4 Å². The molecule has 0 bridgehead atoms. The summed E-state index contributed by atoms with van der Waals surface area (Å²) in [6, 6.07) is 0. The van der Waals surface area contributed by atoms with Crippen LogP contribution in [0.3, 0.4) is 0 Å². The third kappa shape index (κ3) is 2.26. The van der Waals surface area contributed by atoms with Gasteiger partial charge in [-0.1, -0.05) is 0 Å². The van der Waals surface area contributed by atoms with Crippen LogP contribution in [0.15, 0.2) is 17.9 Å². The van der Waals surface area contributed by atoms with Gasteiger partial charge in [-0.3, -0.25) is 4.98 Å². The quantitative estimate of drug-likeness (QED) is 0.912. The highest BCUT2D eigenvalue weighted by atomic mass is 32.1. The predicted molar refractivity (Wildman–Crippen MR) is 55.1 cm³/mol. The van der Waals surface area contributed by atoms with Gasteiger partial charge < -0.3 is 5.11 Å². The standard InChI is InChI=1S/C9H5F2N3O2S/c10-7(11)6-4(9(15)16)1-13-8(14-6)5-2-12-3-17-5/h1-3,7H,(H,15,16). The van der Waals surface area contributed by atoms with Gasteiger partial charge in [-0.05, 0) is 0 Å². The number of hydrogen-bond acceptors (Lipinski definition) is 5. The molecule has 2 aromatic rings. The molecule has 88 valence electrons. The molecule has 1 N–H and O–H groups in total. The summed E-state index contributed by atoms with van der Waals surface area (Å²) >= 11 is 1.18. The van der Waals surface area contributed by atoms with Crippen LogP contribution < -0.4 is 0 Å². The molecule has 0 saturated carbocycles. The van der Waals surface area contributed by atoms with E-state index in [4.69, 9.17) is 5.11 Å². The van der Waals surface area contributed by atoms with E-state index in [2.05, 4.69) is 15.0 Å². The maximum absolute atomic E-state index is 12.6. The highest BCUT2D eigenvalue weighted by Gasteiger charge is 2.21. The summed E-state index contributed by atoms with van der Waals surface area (Å²) in [5, 5.41) is 8.71. The molecule has 0 saturated heterocycles. The fraction of sp³-hybridized carbons (Fsp3) is 0.111. The van der Waals surface area contributed by atoms with E-state index in [0.29, 0.717) is 4.88 Å². The minimum Gasteiger partial charge on any atom is -0.478 e. The molecule has 5 nitrogen and oxygen atoms in total. The maximum Gasteiger partial charge on any atom is 0.339 e. The average molecular weight is 257 g/mol. The minimum atomic E-state index is -2.96. The zero-order valence-corrected chi connectivity index (χ0v) is 8.99. The number of carbonyl (C=O) groups is 1. The molecule has 0 atom stereocenters. The van der Waals surface area contributed by atoms with Crippen molar-refractivity contribution in [3.05, 3.63) is 29.2 Å². The van der Waals surface area contributed by atoms with E-state index in [1.54, 1.807) is 0 Å². The Balaban J connectivity index is 2.53. The van der Waals surface area contributed by atoms with Crippen molar-refractivity contribution in [3.8, 4) is 10.7 Å². The lowest BCUT2D eigenvalue weighted by molar-refractivity contribution is 0.0681. The SMILES string of the molecule is O=C(O)c1cnc(-c2cncs2)nc1C(F)F. The zero-order valence-electron chi connectivity index (χ0n) is 8.17. The number of halogens is 2. The van der Waals surface area contributed by atoms with Crippen molar-refractivity contribution in [2.75, 3.05) is 0 Å². The normalized spacial score (nSPS) is 10.8. The Morgan fingerprint density at radius 3 is 2.71 bits per heavy atom. The van der Waals surface area contributed by atoms with Crippen LogP contribution in [0.1, 0.15) is 22.5 Å². The Kier molecular flexibility index (Phi) is 3.05. The molecule has 2 heterocycles. The molecule has 2 aromatic heterocycles. The van der Waals surface area contributed by atoms with Crippen molar-refractivity contribution in [3.63, 3.8) is 0 Å². The Morgan fingerprint density at radius 1 is 1.41 bits per heavy atom. The second-order valence-electron chi connectivity index (χ2n) is 2.96. The highest BCUT2D eigenvalue weighted by Crippen LogP contribution is 2.25. The number of hydrogen-bond donors (Lipinski definition) is 1. The summed E-state index contributed by atoms with van der Waals surface area (Å²) in [7, 11) is 0. The van der Waals surface area contributed by atoms with Gasteiger partial charge in [-0.15, -0.1) is 11.3 Å². The first-order valence-electron chi connectivity index (χ1n) is 4.37. The Morgan fingerprint density at radius 2 is 2.18 bits per heavy atom. The Labute approximate surface area is 97.8 Å². The summed E-state index contributed by atoms with van der Waals surface area (Å²) in [4.78, 5) is 22.3. The lowest BCUT2D eigenvalue weighted by Gasteiger charge is -2.04. The third-order valence-electron chi connectivity index (χ3n) is 1.91. The van der Waals surface area contributed by atoms with Crippen LogP contribution in [0, 0.1) is 0 Å².